The molecule has 1 unspecified atom stereocenters. The molecule has 1 fully saturated rings. The van der Waals surface area contributed by atoms with E-state index in [1.807, 2.05) is 11.8 Å². The Morgan fingerprint density at radius 3 is 3.08 bits per heavy atom. The van der Waals surface area contributed by atoms with Crippen molar-refractivity contribution in [2.45, 2.75) is 31.1 Å². The van der Waals surface area contributed by atoms with Crippen molar-refractivity contribution in [3.63, 3.8) is 0 Å². The minimum absolute atomic E-state index is 0.362. The third kappa shape index (κ3) is 2.03. The highest BCUT2D eigenvalue weighted by Gasteiger charge is 2.21. The molecule has 1 saturated heterocycles. The fraction of sp³-hybridized carbons (Fsp3) is 0.750. The van der Waals surface area contributed by atoms with Gasteiger partial charge >= 0.3 is 0 Å². The lowest BCUT2D eigenvalue weighted by molar-refractivity contribution is 0.365. The summed E-state index contributed by atoms with van der Waals surface area (Å²) in [6, 6.07) is 0. The number of thioether (sulfide) groups is 1. The standard InChI is InChI=1S/C8H13N3OS/c9-5-7-10-8(12-11-7)6-3-1-2-4-13-6/h6H,1-5,9H2. The van der Waals surface area contributed by atoms with Crippen LogP contribution in [0, 0.1) is 0 Å². The lowest BCUT2D eigenvalue weighted by Crippen LogP contribution is -2.03. The van der Waals surface area contributed by atoms with Crippen molar-refractivity contribution in [2.24, 2.45) is 5.73 Å². The van der Waals surface area contributed by atoms with Gasteiger partial charge in [-0.15, -0.1) is 11.8 Å². The number of nitrogens with two attached hydrogens (primary N) is 1. The van der Waals surface area contributed by atoms with Crippen LogP contribution in [-0.4, -0.2) is 15.9 Å². The van der Waals surface area contributed by atoms with Crippen molar-refractivity contribution in [1.29, 1.82) is 0 Å². The van der Waals surface area contributed by atoms with Gasteiger partial charge in [0.05, 0.1) is 11.8 Å². The van der Waals surface area contributed by atoms with E-state index in [4.69, 9.17) is 10.3 Å². The molecule has 0 bridgehead atoms. The Kier molecular flexibility index (Phi) is 2.85. The Balaban J connectivity index is 2.05. The minimum Gasteiger partial charge on any atom is -0.338 e. The molecule has 1 atom stereocenters. The van der Waals surface area contributed by atoms with E-state index in [9.17, 15) is 0 Å². The number of hydrogen-bond acceptors (Lipinski definition) is 5. The number of rotatable bonds is 2. The topological polar surface area (TPSA) is 64.9 Å². The highest BCUT2D eigenvalue weighted by atomic mass is 32.2. The van der Waals surface area contributed by atoms with Crippen LogP contribution < -0.4 is 5.73 Å². The van der Waals surface area contributed by atoms with Crippen LogP contribution in [0.25, 0.3) is 0 Å². The van der Waals surface area contributed by atoms with Crippen LogP contribution >= 0.6 is 11.8 Å². The third-order valence-electron chi connectivity index (χ3n) is 2.12. The summed E-state index contributed by atoms with van der Waals surface area (Å²) in [5.41, 5.74) is 5.40. The normalized spacial score (nSPS) is 23.3. The number of nitrogens with zero attached hydrogens (tertiary/aromatic N) is 2. The van der Waals surface area contributed by atoms with Gasteiger partial charge in [-0.3, -0.25) is 0 Å². The van der Waals surface area contributed by atoms with E-state index in [1.54, 1.807) is 0 Å². The fourth-order valence-electron chi connectivity index (χ4n) is 1.42. The molecule has 4 nitrogen and oxygen atoms in total. The van der Waals surface area contributed by atoms with E-state index in [2.05, 4.69) is 10.1 Å². The second kappa shape index (κ2) is 4.11. The summed E-state index contributed by atoms with van der Waals surface area (Å²) in [6.07, 6.45) is 3.72. The Labute approximate surface area is 81.3 Å². The average molecular weight is 199 g/mol. The lowest BCUT2D eigenvalue weighted by atomic mass is 10.2. The summed E-state index contributed by atoms with van der Waals surface area (Å²) < 4.78 is 5.13. The Morgan fingerprint density at radius 2 is 2.46 bits per heavy atom. The molecule has 0 amide bonds. The zero-order chi connectivity index (χ0) is 9.10. The molecule has 0 radical (unpaired) electrons. The highest BCUT2D eigenvalue weighted by Crippen LogP contribution is 2.37. The first-order chi connectivity index (χ1) is 6.40. The fourth-order valence-corrected chi connectivity index (χ4v) is 2.64. The summed E-state index contributed by atoms with van der Waals surface area (Å²) in [5, 5.41) is 4.19. The number of hydrogen-bond donors (Lipinski definition) is 1. The molecule has 1 aromatic rings. The van der Waals surface area contributed by atoms with Gasteiger partial charge in [0.2, 0.25) is 5.89 Å². The van der Waals surface area contributed by atoms with Crippen LogP contribution in [0.1, 0.15) is 36.2 Å². The minimum atomic E-state index is 0.362. The smallest absolute Gasteiger partial charge is 0.239 e. The third-order valence-corrected chi connectivity index (χ3v) is 3.49. The second-order valence-electron chi connectivity index (χ2n) is 3.11. The van der Waals surface area contributed by atoms with Gasteiger partial charge in [-0.2, -0.15) is 4.98 Å². The Hall–Kier alpha value is -0.550. The zero-order valence-electron chi connectivity index (χ0n) is 7.40. The summed E-state index contributed by atoms with van der Waals surface area (Å²) in [6.45, 7) is 0.362. The molecule has 2 heterocycles. The first kappa shape index (κ1) is 9.02. The average Bonchev–Trinajstić information content (AvgIpc) is 2.67. The van der Waals surface area contributed by atoms with Gasteiger partial charge in [-0.1, -0.05) is 11.6 Å². The molecule has 1 aliphatic rings. The molecule has 1 aliphatic heterocycles. The molecule has 1 aromatic heterocycles. The summed E-state index contributed by atoms with van der Waals surface area (Å²) in [5.74, 6) is 2.57. The van der Waals surface area contributed by atoms with E-state index in [0.29, 0.717) is 17.6 Å². The van der Waals surface area contributed by atoms with Gasteiger partial charge in [0.15, 0.2) is 5.82 Å². The van der Waals surface area contributed by atoms with E-state index >= 15 is 0 Å². The van der Waals surface area contributed by atoms with Gasteiger partial charge in [0, 0.05) is 0 Å². The molecule has 0 aliphatic carbocycles. The molecule has 0 saturated carbocycles. The van der Waals surface area contributed by atoms with E-state index in [1.165, 1.54) is 18.6 Å². The SMILES string of the molecule is NCc1noc(C2CCCCS2)n1. The van der Waals surface area contributed by atoms with Gasteiger partial charge in [0.25, 0.3) is 0 Å². The predicted molar refractivity (Wildman–Crippen MR) is 51.2 cm³/mol. The molecule has 5 heteroatoms. The van der Waals surface area contributed by atoms with Crippen LogP contribution in [0.15, 0.2) is 4.52 Å². The number of aromatic nitrogens is 2. The van der Waals surface area contributed by atoms with Crippen molar-refractivity contribution in [3.05, 3.63) is 11.7 Å². The molecule has 0 aromatic carbocycles. The van der Waals surface area contributed by atoms with Gasteiger partial charge in [0.1, 0.15) is 0 Å². The van der Waals surface area contributed by atoms with E-state index in [0.717, 1.165) is 12.3 Å². The predicted octanol–water partition coefficient (Wildman–Crippen LogP) is 1.49. The molecular weight excluding hydrogens is 186 g/mol. The molecule has 2 rings (SSSR count). The van der Waals surface area contributed by atoms with Crippen molar-refractivity contribution in [1.82, 2.24) is 10.1 Å². The van der Waals surface area contributed by atoms with Crippen LogP contribution in [0.3, 0.4) is 0 Å². The van der Waals surface area contributed by atoms with Crippen molar-refractivity contribution in [3.8, 4) is 0 Å². The zero-order valence-corrected chi connectivity index (χ0v) is 8.22. The van der Waals surface area contributed by atoms with E-state index < -0.39 is 0 Å². The van der Waals surface area contributed by atoms with Crippen LogP contribution in [-0.2, 0) is 6.54 Å². The molecule has 72 valence electrons. The summed E-state index contributed by atoms with van der Waals surface area (Å²) in [4.78, 5) is 4.23. The molecular formula is C8H13N3OS. The second-order valence-corrected chi connectivity index (χ2v) is 4.42. The van der Waals surface area contributed by atoms with Crippen LogP contribution in [0.4, 0.5) is 0 Å². The first-order valence-electron chi connectivity index (χ1n) is 4.54. The van der Waals surface area contributed by atoms with Gasteiger partial charge in [-0.05, 0) is 18.6 Å². The molecule has 2 N–H and O–H groups in total. The quantitative estimate of drug-likeness (QED) is 0.781. The maximum atomic E-state index is 5.40. The first-order valence-corrected chi connectivity index (χ1v) is 5.59. The largest absolute Gasteiger partial charge is 0.338 e. The van der Waals surface area contributed by atoms with E-state index in [-0.39, 0.29) is 0 Å². The maximum Gasteiger partial charge on any atom is 0.239 e. The van der Waals surface area contributed by atoms with Crippen molar-refractivity contribution < 1.29 is 4.52 Å². The molecule has 0 spiro atoms. The van der Waals surface area contributed by atoms with Crippen molar-refractivity contribution >= 4 is 11.8 Å². The van der Waals surface area contributed by atoms with Gasteiger partial charge < -0.3 is 10.3 Å². The van der Waals surface area contributed by atoms with Crippen LogP contribution in [0.5, 0.6) is 0 Å². The Bertz CT molecular complexity index is 270. The monoisotopic (exact) mass is 199 g/mol. The summed E-state index contributed by atoms with van der Waals surface area (Å²) in [7, 11) is 0. The Morgan fingerprint density at radius 1 is 1.54 bits per heavy atom. The van der Waals surface area contributed by atoms with Crippen LogP contribution in [0.2, 0.25) is 0 Å². The lowest BCUT2D eigenvalue weighted by Gasteiger charge is -2.16. The maximum absolute atomic E-state index is 5.40. The highest BCUT2D eigenvalue weighted by molar-refractivity contribution is 7.99. The summed E-state index contributed by atoms with van der Waals surface area (Å²) >= 11 is 1.90. The van der Waals surface area contributed by atoms with Crippen molar-refractivity contribution in [2.75, 3.05) is 5.75 Å². The van der Waals surface area contributed by atoms with Gasteiger partial charge in [-0.25, -0.2) is 0 Å². The molecule has 13 heavy (non-hydrogen) atoms.